The average molecular weight is 274 g/mol. The van der Waals surface area contributed by atoms with E-state index in [1.54, 1.807) is 0 Å². The third kappa shape index (κ3) is 2.66. The largest absolute Gasteiger partial charge is 0.490 e. The fourth-order valence-corrected chi connectivity index (χ4v) is 3.40. The summed E-state index contributed by atoms with van der Waals surface area (Å²) in [5.41, 5.74) is 6.37. The van der Waals surface area contributed by atoms with E-state index in [9.17, 15) is 0 Å². The van der Waals surface area contributed by atoms with Crippen LogP contribution >= 0.6 is 0 Å². The number of ether oxygens (including phenoxy) is 2. The number of nitrogens with one attached hydrogen (secondary N) is 1. The molecule has 2 aliphatic rings. The number of hydrogen-bond donors (Lipinski definition) is 2. The first-order valence-electron chi connectivity index (χ1n) is 7.43. The lowest BCUT2D eigenvalue weighted by atomic mass is 9.98. The Morgan fingerprint density at radius 3 is 2.80 bits per heavy atom. The van der Waals surface area contributed by atoms with Crippen molar-refractivity contribution in [3.05, 3.63) is 29.8 Å². The maximum atomic E-state index is 7.56. The van der Waals surface area contributed by atoms with Gasteiger partial charge in [-0.3, -0.25) is 5.41 Å². The molecule has 4 nitrogen and oxygen atoms in total. The summed E-state index contributed by atoms with van der Waals surface area (Å²) in [7, 11) is 0. The summed E-state index contributed by atoms with van der Waals surface area (Å²) in [6, 6.07) is 7.43. The molecule has 1 saturated heterocycles. The van der Waals surface area contributed by atoms with Crippen molar-refractivity contribution in [2.45, 2.75) is 50.2 Å². The highest BCUT2D eigenvalue weighted by Gasteiger charge is 2.42. The third-order valence-electron chi connectivity index (χ3n) is 4.46. The molecule has 0 amide bonds. The molecular weight excluding hydrogens is 252 g/mol. The standard InChI is InChI=1S/C16H22N2O2/c17-15(18)13-5-1-2-6-14(13)19-11-12-7-10-16(20-12)8-3-4-9-16/h1-2,5-6,12H,3-4,7-11H2,(H3,17,18). The number of benzene rings is 1. The molecule has 2 fully saturated rings. The van der Waals surface area contributed by atoms with Gasteiger partial charge >= 0.3 is 0 Å². The summed E-state index contributed by atoms with van der Waals surface area (Å²) < 4.78 is 12.1. The Morgan fingerprint density at radius 1 is 1.30 bits per heavy atom. The number of para-hydroxylation sites is 1. The Bertz CT molecular complexity index is 495. The monoisotopic (exact) mass is 274 g/mol. The van der Waals surface area contributed by atoms with Crippen LogP contribution in [0.1, 0.15) is 44.1 Å². The van der Waals surface area contributed by atoms with Crippen molar-refractivity contribution in [1.82, 2.24) is 0 Å². The van der Waals surface area contributed by atoms with Crippen LogP contribution in [0.15, 0.2) is 24.3 Å². The van der Waals surface area contributed by atoms with Crippen LogP contribution in [0.25, 0.3) is 0 Å². The molecule has 1 aliphatic heterocycles. The van der Waals surface area contributed by atoms with Crippen LogP contribution in [0.5, 0.6) is 5.75 Å². The van der Waals surface area contributed by atoms with Crippen LogP contribution in [0.3, 0.4) is 0 Å². The van der Waals surface area contributed by atoms with E-state index >= 15 is 0 Å². The van der Waals surface area contributed by atoms with Crippen LogP contribution in [-0.2, 0) is 4.74 Å². The maximum absolute atomic E-state index is 7.56. The smallest absolute Gasteiger partial charge is 0.130 e. The van der Waals surface area contributed by atoms with Crippen LogP contribution in [-0.4, -0.2) is 24.1 Å². The topological polar surface area (TPSA) is 68.3 Å². The molecule has 4 heteroatoms. The van der Waals surface area contributed by atoms with Gasteiger partial charge in [-0.25, -0.2) is 0 Å². The Hall–Kier alpha value is -1.55. The molecule has 0 bridgehead atoms. The zero-order valence-corrected chi connectivity index (χ0v) is 11.7. The highest BCUT2D eigenvalue weighted by atomic mass is 16.6. The fourth-order valence-electron chi connectivity index (χ4n) is 3.40. The predicted octanol–water partition coefficient (Wildman–Crippen LogP) is 2.84. The summed E-state index contributed by atoms with van der Waals surface area (Å²) in [5, 5.41) is 7.56. The molecular formula is C16H22N2O2. The van der Waals surface area contributed by atoms with Crippen LogP contribution in [0.2, 0.25) is 0 Å². The lowest BCUT2D eigenvalue weighted by Gasteiger charge is -2.24. The number of hydrogen-bond acceptors (Lipinski definition) is 3. The first-order chi connectivity index (χ1) is 9.69. The van der Waals surface area contributed by atoms with Gasteiger partial charge in [0.15, 0.2) is 0 Å². The first-order valence-corrected chi connectivity index (χ1v) is 7.43. The predicted molar refractivity (Wildman–Crippen MR) is 78.3 cm³/mol. The maximum Gasteiger partial charge on any atom is 0.130 e. The molecule has 1 heterocycles. The Labute approximate surface area is 119 Å². The van der Waals surface area contributed by atoms with E-state index in [0.717, 1.165) is 12.8 Å². The van der Waals surface area contributed by atoms with E-state index in [1.165, 1.54) is 25.7 Å². The molecule has 0 radical (unpaired) electrons. The molecule has 108 valence electrons. The van der Waals surface area contributed by atoms with Crippen LogP contribution in [0, 0.1) is 5.41 Å². The van der Waals surface area contributed by atoms with Gasteiger partial charge in [0.25, 0.3) is 0 Å². The molecule has 20 heavy (non-hydrogen) atoms. The molecule has 1 saturated carbocycles. The second-order valence-corrected chi connectivity index (χ2v) is 5.89. The normalized spacial score (nSPS) is 24.1. The quantitative estimate of drug-likeness (QED) is 0.655. The number of rotatable bonds is 4. The van der Waals surface area contributed by atoms with E-state index in [2.05, 4.69) is 0 Å². The summed E-state index contributed by atoms with van der Waals surface area (Å²) in [5.74, 6) is 0.719. The van der Waals surface area contributed by atoms with Gasteiger partial charge in [-0.1, -0.05) is 25.0 Å². The van der Waals surface area contributed by atoms with Crippen molar-refractivity contribution >= 4 is 5.84 Å². The minimum Gasteiger partial charge on any atom is -0.490 e. The van der Waals surface area contributed by atoms with Crippen molar-refractivity contribution < 1.29 is 9.47 Å². The van der Waals surface area contributed by atoms with E-state index in [0.29, 0.717) is 17.9 Å². The summed E-state index contributed by atoms with van der Waals surface area (Å²) in [4.78, 5) is 0. The molecule has 1 spiro atoms. The summed E-state index contributed by atoms with van der Waals surface area (Å²) in [6.07, 6.45) is 7.40. The molecule has 1 unspecified atom stereocenters. The molecule has 0 aromatic heterocycles. The first kappa shape index (κ1) is 13.4. The number of nitrogens with two attached hydrogens (primary N) is 1. The zero-order valence-electron chi connectivity index (χ0n) is 11.7. The molecule has 1 aliphatic carbocycles. The average Bonchev–Trinajstić information content (AvgIpc) is 3.07. The van der Waals surface area contributed by atoms with E-state index in [4.69, 9.17) is 20.6 Å². The third-order valence-corrected chi connectivity index (χ3v) is 4.46. The molecule has 1 atom stereocenters. The second-order valence-electron chi connectivity index (χ2n) is 5.89. The zero-order chi connectivity index (χ0) is 14.0. The minimum atomic E-state index is 0.0419. The minimum absolute atomic E-state index is 0.0419. The van der Waals surface area contributed by atoms with Crippen LogP contribution in [0.4, 0.5) is 0 Å². The van der Waals surface area contributed by atoms with Crippen molar-refractivity contribution in [2.24, 2.45) is 5.73 Å². The highest BCUT2D eigenvalue weighted by Crippen LogP contribution is 2.43. The van der Waals surface area contributed by atoms with Crippen molar-refractivity contribution in [3.63, 3.8) is 0 Å². The number of nitrogen functional groups attached to an aromatic ring is 1. The van der Waals surface area contributed by atoms with Crippen molar-refractivity contribution in [3.8, 4) is 5.75 Å². The van der Waals surface area contributed by atoms with Gasteiger partial charge in [0, 0.05) is 0 Å². The van der Waals surface area contributed by atoms with Gasteiger partial charge in [0.2, 0.25) is 0 Å². The van der Waals surface area contributed by atoms with Gasteiger partial charge in [-0.05, 0) is 37.8 Å². The lowest BCUT2D eigenvalue weighted by molar-refractivity contribution is -0.0509. The van der Waals surface area contributed by atoms with E-state index < -0.39 is 0 Å². The summed E-state index contributed by atoms with van der Waals surface area (Å²) in [6.45, 7) is 0.548. The molecule has 1 aromatic carbocycles. The van der Waals surface area contributed by atoms with Gasteiger partial charge in [0.1, 0.15) is 18.2 Å². The Kier molecular flexibility index (Phi) is 3.66. The Balaban J connectivity index is 1.59. The highest BCUT2D eigenvalue weighted by molar-refractivity contribution is 5.97. The van der Waals surface area contributed by atoms with Crippen LogP contribution < -0.4 is 10.5 Å². The second kappa shape index (κ2) is 5.44. The number of amidine groups is 1. The van der Waals surface area contributed by atoms with E-state index in [-0.39, 0.29) is 17.5 Å². The molecule has 3 N–H and O–H groups in total. The van der Waals surface area contributed by atoms with Crippen molar-refractivity contribution in [1.29, 1.82) is 5.41 Å². The lowest BCUT2D eigenvalue weighted by Crippen LogP contribution is -2.27. The van der Waals surface area contributed by atoms with Crippen molar-refractivity contribution in [2.75, 3.05) is 6.61 Å². The van der Waals surface area contributed by atoms with Gasteiger partial charge < -0.3 is 15.2 Å². The van der Waals surface area contributed by atoms with Gasteiger partial charge in [-0.2, -0.15) is 0 Å². The van der Waals surface area contributed by atoms with E-state index in [1.807, 2.05) is 24.3 Å². The van der Waals surface area contributed by atoms with Gasteiger partial charge in [0.05, 0.1) is 17.3 Å². The summed E-state index contributed by atoms with van der Waals surface area (Å²) >= 11 is 0. The van der Waals surface area contributed by atoms with Gasteiger partial charge in [-0.15, -0.1) is 0 Å². The Morgan fingerprint density at radius 2 is 2.05 bits per heavy atom. The molecule has 1 aromatic rings. The fraction of sp³-hybridized carbons (Fsp3) is 0.562. The SMILES string of the molecule is N=C(N)c1ccccc1OCC1CCC2(CCCC2)O1. The molecule has 3 rings (SSSR count).